The van der Waals surface area contributed by atoms with Crippen LogP contribution in [0.4, 0.5) is 22.4 Å². The van der Waals surface area contributed by atoms with Gasteiger partial charge in [-0.25, -0.2) is 9.18 Å². The summed E-state index contributed by atoms with van der Waals surface area (Å²) < 4.78 is 56.0. The summed E-state index contributed by atoms with van der Waals surface area (Å²) in [6.45, 7) is 4.24. The Balaban J connectivity index is 2.42. The Morgan fingerprint density at radius 1 is 1.19 bits per heavy atom. The largest absolute Gasteiger partial charge is 0.412 e. The maximum absolute atomic E-state index is 13.9. The number of amides is 3. The number of urea groups is 1. The summed E-state index contributed by atoms with van der Waals surface area (Å²) in [6.07, 6.45) is -4.82. The molecule has 7 nitrogen and oxygen atoms in total. The van der Waals surface area contributed by atoms with E-state index < -0.39 is 48.0 Å². The highest BCUT2D eigenvalue weighted by Crippen LogP contribution is 2.48. The number of alkyl halides is 3. The number of halogens is 5. The van der Waals surface area contributed by atoms with E-state index in [1.807, 2.05) is 0 Å². The summed E-state index contributed by atoms with van der Waals surface area (Å²) in [7, 11) is 0. The number of carbonyl (C=O) groups excluding carboxylic acids is 2. The quantitative estimate of drug-likeness (QED) is 0.659. The van der Waals surface area contributed by atoms with Crippen LogP contribution in [-0.4, -0.2) is 39.3 Å². The Hall–Kier alpha value is -2.82. The second-order valence-electron chi connectivity index (χ2n) is 8.36. The molecule has 2 atom stereocenters. The van der Waals surface area contributed by atoms with Crippen molar-refractivity contribution in [2.75, 3.05) is 6.54 Å². The van der Waals surface area contributed by atoms with E-state index in [1.165, 1.54) is 6.07 Å². The Kier molecular flexibility index (Phi) is 5.45. The highest BCUT2D eigenvalue weighted by Gasteiger charge is 2.53. The molecule has 168 valence electrons. The fraction of sp³-hybridized carbons (Fsp3) is 0.421. The fourth-order valence-corrected chi connectivity index (χ4v) is 4.07. The molecule has 3 rings (SSSR count). The van der Waals surface area contributed by atoms with Gasteiger partial charge in [0.2, 0.25) is 0 Å². The standard InChI is InChI=1S/C19H20ClF4N5O2/c1-18(2,3)15-14-12(16(25)30)13(8-4-5-10(21)9(20)6-8)27-29(14)11(19(22,23)24)7-28(15)17(26)31/h4-6,11,15H,7H2,1-3H3,(H2,25,30)(H2,26,31). The summed E-state index contributed by atoms with van der Waals surface area (Å²) in [5.41, 5.74) is 9.52. The number of rotatable bonds is 2. The molecular weight excluding hydrogens is 442 g/mol. The molecule has 2 unspecified atom stereocenters. The number of nitrogens with two attached hydrogens (primary N) is 2. The summed E-state index contributed by atoms with van der Waals surface area (Å²) in [6, 6.07) is -1.03. The first-order valence-electron chi connectivity index (χ1n) is 9.15. The van der Waals surface area contributed by atoms with E-state index in [0.29, 0.717) is 4.68 Å². The van der Waals surface area contributed by atoms with Crippen molar-refractivity contribution < 1.29 is 27.2 Å². The minimum atomic E-state index is -4.82. The van der Waals surface area contributed by atoms with E-state index in [-0.39, 0.29) is 27.5 Å². The number of aromatic nitrogens is 2. The molecular formula is C19H20ClF4N5O2. The highest BCUT2D eigenvalue weighted by atomic mass is 35.5. The third-order valence-electron chi connectivity index (χ3n) is 5.10. The second kappa shape index (κ2) is 7.40. The zero-order chi connectivity index (χ0) is 23.5. The molecule has 1 aliphatic rings. The predicted molar refractivity (Wildman–Crippen MR) is 105 cm³/mol. The van der Waals surface area contributed by atoms with E-state index in [2.05, 4.69) is 5.10 Å². The number of hydrogen-bond acceptors (Lipinski definition) is 3. The molecule has 1 aromatic heterocycles. The maximum atomic E-state index is 13.9. The fourth-order valence-electron chi connectivity index (χ4n) is 3.89. The second-order valence-corrected chi connectivity index (χ2v) is 8.77. The molecule has 31 heavy (non-hydrogen) atoms. The van der Waals surface area contributed by atoms with Crippen LogP contribution in [-0.2, 0) is 0 Å². The highest BCUT2D eigenvalue weighted by molar-refractivity contribution is 6.31. The molecule has 0 radical (unpaired) electrons. The minimum Gasteiger partial charge on any atom is -0.365 e. The lowest BCUT2D eigenvalue weighted by atomic mass is 9.80. The Labute approximate surface area is 179 Å². The molecule has 12 heteroatoms. The number of nitrogens with zero attached hydrogens (tertiary/aromatic N) is 3. The van der Waals surface area contributed by atoms with Crippen LogP contribution in [0.5, 0.6) is 0 Å². The first-order valence-corrected chi connectivity index (χ1v) is 9.52. The molecule has 0 bridgehead atoms. The average molecular weight is 462 g/mol. The molecule has 4 N–H and O–H groups in total. The predicted octanol–water partition coefficient (Wildman–Crippen LogP) is 4.03. The topological polar surface area (TPSA) is 107 Å². The number of carbonyl (C=O) groups is 2. The van der Waals surface area contributed by atoms with Crippen molar-refractivity contribution in [1.29, 1.82) is 0 Å². The monoisotopic (exact) mass is 461 g/mol. The summed E-state index contributed by atoms with van der Waals surface area (Å²) in [5, 5.41) is 3.75. The van der Waals surface area contributed by atoms with Gasteiger partial charge in [0, 0.05) is 5.56 Å². The van der Waals surface area contributed by atoms with Crippen LogP contribution in [0, 0.1) is 11.2 Å². The molecule has 0 saturated heterocycles. The van der Waals surface area contributed by atoms with E-state index in [4.69, 9.17) is 23.1 Å². The van der Waals surface area contributed by atoms with Gasteiger partial charge in [-0.3, -0.25) is 9.48 Å². The van der Waals surface area contributed by atoms with Gasteiger partial charge in [-0.1, -0.05) is 32.4 Å². The maximum Gasteiger partial charge on any atom is 0.412 e. The van der Waals surface area contributed by atoms with Crippen LogP contribution < -0.4 is 11.5 Å². The molecule has 0 saturated carbocycles. The van der Waals surface area contributed by atoms with Crippen LogP contribution in [0.3, 0.4) is 0 Å². The third-order valence-corrected chi connectivity index (χ3v) is 5.39. The normalized spacial score (nSPS) is 19.3. The zero-order valence-electron chi connectivity index (χ0n) is 16.8. The number of primary amides is 2. The molecule has 0 fully saturated rings. The zero-order valence-corrected chi connectivity index (χ0v) is 17.6. The van der Waals surface area contributed by atoms with Gasteiger partial charge in [0.25, 0.3) is 5.91 Å². The average Bonchev–Trinajstić information content (AvgIpc) is 3.00. The molecule has 1 aromatic carbocycles. The van der Waals surface area contributed by atoms with E-state index >= 15 is 0 Å². The number of fused-ring (bicyclic) bond motifs is 1. The van der Waals surface area contributed by atoms with Gasteiger partial charge in [-0.15, -0.1) is 0 Å². The Bertz CT molecular complexity index is 1060. The van der Waals surface area contributed by atoms with E-state index in [0.717, 1.165) is 17.0 Å². The van der Waals surface area contributed by atoms with Gasteiger partial charge < -0.3 is 16.4 Å². The molecule has 0 spiro atoms. The van der Waals surface area contributed by atoms with Crippen molar-refractivity contribution in [3.8, 4) is 11.3 Å². The third kappa shape index (κ3) is 3.93. The summed E-state index contributed by atoms with van der Waals surface area (Å²) >= 11 is 5.81. The van der Waals surface area contributed by atoms with Crippen molar-refractivity contribution in [2.24, 2.45) is 16.9 Å². The number of hydrogen-bond donors (Lipinski definition) is 2. The van der Waals surface area contributed by atoms with Crippen molar-refractivity contribution in [1.82, 2.24) is 14.7 Å². The van der Waals surface area contributed by atoms with Gasteiger partial charge >= 0.3 is 12.2 Å². The van der Waals surface area contributed by atoms with Gasteiger partial charge in [0.1, 0.15) is 11.5 Å². The lowest BCUT2D eigenvalue weighted by molar-refractivity contribution is -0.181. The number of benzene rings is 1. The SMILES string of the molecule is CC(C)(C)C1c2c(C(N)=O)c(-c3ccc(F)c(Cl)c3)nn2C(C(F)(F)F)CN1C(N)=O. The minimum absolute atomic E-state index is 0.0984. The van der Waals surface area contributed by atoms with Crippen LogP contribution in [0.1, 0.15) is 48.9 Å². The Morgan fingerprint density at radius 2 is 1.81 bits per heavy atom. The van der Waals surface area contributed by atoms with E-state index in [9.17, 15) is 27.2 Å². The van der Waals surface area contributed by atoms with Gasteiger partial charge in [0.15, 0.2) is 6.04 Å². The molecule has 2 heterocycles. The lowest BCUT2D eigenvalue weighted by Crippen LogP contribution is -2.54. The molecule has 2 aromatic rings. The van der Waals surface area contributed by atoms with Crippen molar-refractivity contribution in [3.05, 3.63) is 40.3 Å². The van der Waals surface area contributed by atoms with Gasteiger partial charge in [-0.05, 0) is 23.6 Å². The van der Waals surface area contributed by atoms with Gasteiger partial charge in [-0.2, -0.15) is 18.3 Å². The van der Waals surface area contributed by atoms with Crippen molar-refractivity contribution in [3.63, 3.8) is 0 Å². The summed E-state index contributed by atoms with van der Waals surface area (Å²) in [4.78, 5) is 25.4. The van der Waals surface area contributed by atoms with Gasteiger partial charge in [0.05, 0.1) is 28.9 Å². The molecule has 3 amide bonds. The first kappa shape index (κ1) is 22.9. The molecule has 1 aliphatic heterocycles. The lowest BCUT2D eigenvalue weighted by Gasteiger charge is -2.45. The van der Waals surface area contributed by atoms with Crippen LogP contribution in [0.25, 0.3) is 11.3 Å². The molecule has 0 aliphatic carbocycles. The van der Waals surface area contributed by atoms with E-state index in [1.54, 1.807) is 20.8 Å². The Morgan fingerprint density at radius 3 is 2.26 bits per heavy atom. The van der Waals surface area contributed by atoms with Crippen molar-refractivity contribution in [2.45, 2.75) is 39.0 Å². The van der Waals surface area contributed by atoms with Crippen LogP contribution >= 0.6 is 11.6 Å². The first-order chi connectivity index (χ1) is 14.1. The van der Waals surface area contributed by atoms with Crippen LogP contribution in [0.15, 0.2) is 18.2 Å². The van der Waals surface area contributed by atoms with Crippen molar-refractivity contribution >= 4 is 23.5 Å². The summed E-state index contributed by atoms with van der Waals surface area (Å²) in [5.74, 6) is -1.81. The smallest absolute Gasteiger partial charge is 0.365 e. The van der Waals surface area contributed by atoms with Crippen LogP contribution in [0.2, 0.25) is 5.02 Å².